The van der Waals surface area contributed by atoms with Crippen molar-refractivity contribution in [1.29, 1.82) is 5.26 Å². The number of nitrogens with one attached hydrogen (secondary N) is 2. The van der Waals surface area contributed by atoms with Gasteiger partial charge in [-0.05, 0) is 12.1 Å². The van der Waals surface area contributed by atoms with E-state index in [0.29, 0.717) is 0 Å². The van der Waals surface area contributed by atoms with Crippen molar-refractivity contribution >= 4 is 29.3 Å². The minimum Gasteiger partial charge on any atom is -0.343 e. The lowest BCUT2D eigenvalue weighted by molar-refractivity contribution is -0.123. The van der Waals surface area contributed by atoms with Gasteiger partial charge in [0.25, 0.3) is 0 Å². The van der Waals surface area contributed by atoms with Crippen molar-refractivity contribution in [3.05, 3.63) is 24.3 Å². The van der Waals surface area contributed by atoms with E-state index in [4.69, 9.17) is 5.26 Å². The van der Waals surface area contributed by atoms with Crippen LogP contribution in [0.3, 0.4) is 0 Å². The van der Waals surface area contributed by atoms with E-state index in [1.54, 1.807) is 0 Å². The van der Waals surface area contributed by atoms with Crippen LogP contribution in [-0.2, 0) is 9.59 Å². The number of anilines is 1. The van der Waals surface area contributed by atoms with Crippen LogP contribution in [0.25, 0.3) is 0 Å². The molecule has 0 saturated carbocycles. The van der Waals surface area contributed by atoms with Gasteiger partial charge in [-0.25, -0.2) is 0 Å². The van der Waals surface area contributed by atoms with Gasteiger partial charge in [-0.1, -0.05) is 12.1 Å². The van der Waals surface area contributed by atoms with E-state index in [9.17, 15) is 9.59 Å². The minimum atomic E-state index is -0.446. The Kier molecular flexibility index (Phi) is 3.85. The molecule has 1 aliphatic heterocycles. The third-order valence-electron chi connectivity index (χ3n) is 2.44. The Morgan fingerprint density at radius 1 is 1.50 bits per heavy atom. The van der Waals surface area contributed by atoms with Gasteiger partial charge in [0.2, 0.25) is 11.8 Å². The van der Waals surface area contributed by atoms with E-state index in [0.717, 1.165) is 10.6 Å². The fourth-order valence-corrected chi connectivity index (χ4v) is 2.72. The van der Waals surface area contributed by atoms with Crippen LogP contribution in [0.5, 0.6) is 0 Å². The van der Waals surface area contributed by atoms with E-state index in [2.05, 4.69) is 10.6 Å². The maximum Gasteiger partial charge on any atom is 0.238 e. The van der Waals surface area contributed by atoms with Gasteiger partial charge in [0.1, 0.15) is 6.54 Å². The van der Waals surface area contributed by atoms with Crippen LogP contribution in [0.2, 0.25) is 0 Å². The molecule has 92 valence electrons. The van der Waals surface area contributed by atoms with E-state index >= 15 is 0 Å². The topological polar surface area (TPSA) is 82.0 Å². The second kappa shape index (κ2) is 5.56. The van der Waals surface area contributed by atoms with Gasteiger partial charge < -0.3 is 10.6 Å². The summed E-state index contributed by atoms with van der Waals surface area (Å²) in [6, 6.07) is 9.28. The molecule has 5 nitrogen and oxygen atoms in total. The highest BCUT2D eigenvalue weighted by molar-refractivity contribution is 8.01. The van der Waals surface area contributed by atoms with Crippen molar-refractivity contribution < 1.29 is 9.59 Å². The molecule has 0 saturated heterocycles. The first-order valence-corrected chi connectivity index (χ1v) is 6.29. The SMILES string of the molecule is N#CCNC(=O)CC1Sc2ccccc2NC1=O. The lowest BCUT2D eigenvalue weighted by atomic mass is 10.2. The number of thioether (sulfide) groups is 1. The molecule has 1 heterocycles. The lowest BCUT2D eigenvalue weighted by Crippen LogP contribution is -2.34. The molecular formula is C12H11N3O2S. The molecule has 2 amide bonds. The van der Waals surface area contributed by atoms with Gasteiger partial charge in [-0.15, -0.1) is 11.8 Å². The molecule has 0 spiro atoms. The highest BCUT2D eigenvalue weighted by Gasteiger charge is 2.28. The first-order chi connectivity index (χ1) is 8.70. The number of amides is 2. The number of para-hydroxylation sites is 1. The zero-order chi connectivity index (χ0) is 13.0. The summed E-state index contributed by atoms with van der Waals surface area (Å²) in [4.78, 5) is 24.2. The van der Waals surface area contributed by atoms with E-state index in [1.165, 1.54) is 11.8 Å². The Morgan fingerprint density at radius 2 is 2.28 bits per heavy atom. The Hall–Kier alpha value is -2.00. The molecule has 6 heteroatoms. The molecule has 0 radical (unpaired) electrons. The molecule has 1 aromatic rings. The molecule has 1 unspecified atom stereocenters. The van der Waals surface area contributed by atoms with Gasteiger partial charge in [0.05, 0.1) is 17.0 Å². The fraction of sp³-hybridized carbons (Fsp3) is 0.250. The van der Waals surface area contributed by atoms with Crippen LogP contribution in [0.15, 0.2) is 29.2 Å². The number of carbonyl (C=O) groups excluding carboxylic acids is 2. The molecule has 0 aromatic heterocycles. The number of nitriles is 1. The average Bonchev–Trinajstić information content (AvgIpc) is 2.37. The molecule has 2 rings (SSSR count). The largest absolute Gasteiger partial charge is 0.343 e. The van der Waals surface area contributed by atoms with E-state index in [-0.39, 0.29) is 24.8 Å². The second-order valence-corrected chi connectivity index (χ2v) is 4.98. The molecule has 0 aliphatic carbocycles. The van der Waals surface area contributed by atoms with E-state index < -0.39 is 5.25 Å². The summed E-state index contributed by atoms with van der Waals surface area (Å²) >= 11 is 1.37. The normalized spacial score (nSPS) is 17.3. The Bertz CT molecular complexity index is 524. The summed E-state index contributed by atoms with van der Waals surface area (Å²) in [7, 11) is 0. The summed E-state index contributed by atoms with van der Waals surface area (Å²) < 4.78 is 0. The van der Waals surface area contributed by atoms with Gasteiger partial charge >= 0.3 is 0 Å². The average molecular weight is 261 g/mol. The summed E-state index contributed by atoms with van der Waals surface area (Å²) in [5, 5.41) is 13.1. The maximum absolute atomic E-state index is 11.8. The van der Waals surface area contributed by atoms with Crippen molar-refractivity contribution in [2.75, 3.05) is 11.9 Å². The van der Waals surface area contributed by atoms with E-state index in [1.807, 2.05) is 30.3 Å². The summed E-state index contributed by atoms with van der Waals surface area (Å²) in [6.45, 7) is -0.0333. The molecular weight excluding hydrogens is 250 g/mol. The number of fused-ring (bicyclic) bond motifs is 1. The van der Waals surface area contributed by atoms with Crippen molar-refractivity contribution in [2.24, 2.45) is 0 Å². The fourth-order valence-electron chi connectivity index (χ4n) is 1.61. The number of benzene rings is 1. The Balaban J connectivity index is 2.02. The second-order valence-electron chi connectivity index (χ2n) is 3.73. The molecule has 0 fully saturated rings. The Labute approximate surface area is 109 Å². The first kappa shape index (κ1) is 12.5. The van der Waals surface area contributed by atoms with Crippen LogP contribution >= 0.6 is 11.8 Å². The lowest BCUT2D eigenvalue weighted by Gasteiger charge is -2.23. The molecule has 2 N–H and O–H groups in total. The van der Waals surface area contributed by atoms with Crippen LogP contribution < -0.4 is 10.6 Å². The van der Waals surface area contributed by atoms with Gasteiger partial charge in [0.15, 0.2) is 0 Å². The van der Waals surface area contributed by atoms with Crippen molar-refractivity contribution in [1.82, 2.24) is 5.32 Å². The number of hydrogen-bond donors (Lipinski definition) is 2. The molecule has 0 bridgehead atoms. The van der Waals surface area contributed by atoms with Crippen molar-refractivity contribution in [3.63, 3.8) is 0 Å². The molecule has 1 aliphatic rings. The van der Waals surface area contributed by atoms with Gasteiger partial charge in [-0.3, -0.25) is 9.59 Å². The van der Waals surface area contributed by atoms with Crippen LogP contribution in [-0.4, -0.2) is 23.6 Å². The van der Waals surface area contributed by atoms with Gasteiger partial charge in [-0.2, -0.15) is 5.26 Å². The van der Waals surface area contributed by atoms with Crippen LogP contribution in [0.1, 0.15) is 6.42 Å². The summed E-state index contributed by atoms with van der Waals surface area (Å²) in [5.74, 6) is -0.464. The molecule has 18 heavy (non-hydrogen) atoms. The quantitative estimate of drug-likeness (QED) is 0.799. The monoisotopic (exact) mass is 261 g/mol. The zero-order valence-electron chi connectivity index (χ0n) is 9.47. The Morgan fingerprint density at radius 3 is 3.06 bits per heavy atom. The van der Waals surface area contributed by atoms with Gasteiger partial charge in [0, 0.05) is 11.3 Å². The molecule has 1 atom stereocenters. The highest BCUT2D eigenvalue weighted by atomic mass is 32.2. The minimum absolute atomic E-state index is 0.0333. The number of carbonyl (C=O) groups is 2. The highest BCUT2D eigenvalue weighted by Crippen LogP contribution is 2.36. The number of rotatable bonds is 3. The van der Waals surface area contributed by atoms with Crippen LogP contribution in [0.4, 0.5) is 5.69 Å². The standard InChI is InChI=1S/C12H11N3O2S/c13-5-6-14-11(16)7-10-12(17)15-8-3-1-2-4-9(8)18-10/h1-4,10H,6-7H2,(H,14,16)(H,15,17). The predicted octanol–water partition coefficient (Wildman–Crippen LogP) is 1.13. The summed E-state index contributed by atoms with van der Waals surface area (Å²) in [5.41, 5.74) is 0.779. The predicted molar refractivity (Wildman–Crippen MR) is 68.0 cm³/mol. The third kappa shape index (κ3) is 2.81. The zero-order valence-corrected chi connectivity index (χ0v) is 10.3. The smallest absolute Gasteiger partial charge is 0.238 e. The van der Waals surface area contributed by atoms with Crippen LogP contribution in [0, 0.1) is 11.3 Å². The number of nitrogens with zero attached hydrogens (tertiary/aromatic N) is 1. The third-order valence-corrected chi connectivity index (χ3v) is 3.72. The maximum atomic E-state index is 11.8. The molecule has 1 aromatic carbocycles. The number of hydrogen-bond acceptors (Lipinski definition) is 4. The van der Waals surface area contributed by atoms with Crippen molar-refractivity contribution in [2.45, 2.75) is 16.6 Å². The van der Waals surface area contributed by atoms with Crippen molar-refractivity contribution in [3.8, 4) is 6.07 Å². The first-order valence-electron chi connectivity index (χ1n) is 5.41. The summed E-state index contributed by atoms with van der Waals surface area (Å²) in [6.07, 6.45) is 0.0759.